The van der Waals surface area contributed by atoms with Crippen LogP contribution < -0.4 is 10.6 Å². The fourth-order valence-corrected chi connectivity index (χ4v) is 3.80. The van der Waals surface area contributed by atoms with E-state index < -0.39 is 0 Å². The van der Waals surface area contributed by atoms with Crippen molar-refractivity contribution in [2.24, 2.45) is 5.92 Å². The largest absolute Gasteiger partial charge is 0.352 e. The second-order valence-corrected chi connectivity index (χ2v) is 6.99. The average molecular weight is 270 g/mol. The molecule has 0 radical (unpaired) electrons. The number of hydrogen-bond acceptors (Lipinski definition) is 3. The van der Waals surface area contributed by atoms with E-state index in [0.717, 1.165) is 31.1 Å². The van der Waals surface area contributed by atoms with E-state index in [1.165, 1.54) is 19.3 Å². The van der Waals surface area contributed by atoms with Gasteiger partial charge in [0.25, 0.3) is 0 Å². The van der Waals surface area contributed by atoms with Crippen molar-refractivity contribution in [3.63, 3.8) is 0 Å². The van der Waals surface area contributed by atoms with E-state index in [0.29, 0.717) is 12.0 Å². The molecule has 2 N–H and O–H groups in total. The van der Waals surface area contributed by atoms with Crippen LogP contribution in [-0.2, 0) is 4.79 Å². The van der Waals surface area contributed by atoms with Crippen molar-refractivity contribution < 1.29 is 4.79 Å². The summed E-state index contributed by atoms with van der Waals surface area (Å²) in [7, 11) is 0. The van der Waals surface area contributed by atoms with Gasteiger partial charge in [0, 0.05) is 11.3 Å². The Morgan fingerprint density at radius 1 is 1.22 bits per heavy atom. The summed E-state index contributed by atoms with van der Waals surface area (Å²) >= 11 is 1.97. The van der Waals surface area contributed by atoms with Crippen LogP contribution in [0.5, 0.6) is 0 Å². The zero-order valence-electron chi connectivity index (χ0n) is 11.6. The first-order valence-electron chi connectivity index (χ1n) is 7.25. The summed E-state index contributed by atoms with van der Waals surface area (Å²) in [6.45, 7) is 3.23. The molecule has 1 saturated carbocycles. The van der Waals surface area contributed by atoms with E-state index in [2.05, 4.69) is 23.8 Å². The van der Waals surface area contributed by atoms with Crippen molar-refractivity contribution in [2.75, 3.05) is 12.8 Å². The van der Waals surface area contributed by atoms with Crippen molar-refractivity contribution >= 4 is 17.7 Å². The molecule has 1 saturated heterocycles. The van der Waals surface area contributed by atoms with E-state index in [4.69, 9.17) is 0 Å². The number of amides is 1. The molecule has 2 rings (SSSR count). The first-order chi connectivity index (χ1) is 8.69. The van der Waals surface area contributed by atoms with Gasteiger partial charge in [-0.25, -0.2) is 0 Å². The van der Waals surface area contributed by atoms with Crippen LogP contribution in [0.2, 0.25) is 0 Å². The standard InChI is InChI=1S/C14H26N2OS/c1-10-7-8-15-13(9-10)14(17)16-11-3-5-12(18-2)6-4-11/h10-13,15H,3-9H2,1-2H3,(H,16,17). The molecule has 1 heterocycles. The maximum Gasteiger partial charge on any atom is 0.237 e. The molecule has 2 atom stereocenters. The van der Waals surface area contributed by atoms with Crippen LogP contribution in [0.15, 0.2) is 0 Å². The summed E-state index contributed by atoms with van der Waals surface area (Å²) in [5.74, 6) is 0.906. The molecule has 0 spiro atoms. The third kappa shape index (κ3) is 3.89. The Morgan fingerprint density at radius 3 is 2.56 bits per heavy atom. The van der Waals surface area contributed by atoms with Crippen LogP contribution in [-0.4, -0.2) is 36.0 Å². The molecule has 2 unspecified atom stereocenters. The van der Waals surface area contributed by atoms with Crippen molar-refractivity contribution in [3.8, 4) is 0 Å². The van der Waals surface area contributed by atoms with E-state index >= 15 is 0 Å². The summed E-state index contributed by atoms with van der Waals surface area (Å²) < 4.78 is 0. The molecule has 104 valence electrons. The summed E-state index contributed by atoms with van der Waals surface area (Å²) in [4.78, 5) is 12.2. The highest BCUT2D eigenvalue weighted by molar-refractivity contribution is 7.99. The highest BCUT2D eigenvalue weighted by atomic mass is 32.2. The monoisotopic (exact) mass is 270 g/mol. The lowest BCUT2D eigenvalue weighted by Crippen LogP contribution is -2.51. The molecule has 0 aromatic heterocycles. The van der Waals surface area contributed by atoms with E-state index in [-0.39, 0.29) is 11.9 Å². The van der Waals surface area contributed by atoms with Gasteiger partial charge in [0.05, 0.1) is 6.04 Å². The number of carbonyl (C=O) groups excluding carboxylic acids is 1. The number of nitrogens with one attached hydrogen (secondary N) is 2. The molecule has 1 amide bonds. The van der Waals surface area contributed by atoms with Crippen LogP contribution >= 0.6 is 11.8 Å². The van der Waals surface area contributed by atoms with Gasteiger partial charge in [-0.2, -0.15) is 11.8 Å². The molecule has 3 nitrogen and oxygen atoms in total. The van der Waals surface area contributed by atoms with E-state index in [1.54, 1.807) is 0 Å². The fourth-order valence-electron chi connectivity index (χ4n) is 3.05. The third-order valence-electron chi connectivity index (χ3n) is 4.34. The Balaban J connectivity index is 1.74. The Hall–Kier alpha value is -0.220. The molecule has 2 aliphatic rings. The minimum Gasteiger partial charge on any atom is -0.352 e. The molecule has 0 aromatic carbocycles. The fraction of sp³-hybridized carbons (Fsp3) is 0.929. The molecule has 2 fully saturated rings. The predicted octanol–water partition coefficient (Wildman–Crippen LogP) is 2.16. The second kappa shape index (κ2) is 6.80. The number of carbonyl (C=O) groups is 1. The van der Waals surface area contributed by atoms with E-state index in [9.17, 15) is 4.79 Å². The first kappa shape index (κ1) is 14.2. The summed E-state index contributed by atoms with van der Waals surface area (Å²) in [5, 5.41) is 7.40. The Bertz CT molecular complexity index is 277. The topological polar surface area (TPSA) is 41.1 Å². The van der Waals surface area contributed by atoms with Gasteiger partial charge in [0.1, 0.15) is 0 Å². The molecule has 0 aromatic rings. The lowest BCUT2D eigenvalue weighted by atomic mass is 9.92. The molecular weight excluding hydrogens is 244 g/mol. The predicted molar refractivity (Wildman–Crippen MR) is 77.9 cm³/mol. The molecule has 1 aliphatic heterocycles. The first-order valence-corrected chi connectivity index (χ1v) is 8.54. The summed E-state index contributed by atoms with van der Waals surface area (Å²) in [6, 6.07) is 0.465. The van der Waals surface area contributed by atoms with Gasteiger partial charge in [-0.3, -0.25) is 4.79 Å². The van der Waals surface area contributed by atoms with Gasteiger partial charge in [-0.1, -0.05) is 6.92 Å². The highest BCUT2D eigenvalue weighted by Crippen LogP contribution is 2.27. The number of piperidine rings is 1. The molecule has 0 bridgehead atoms. The number of hydrogen-bond donors (Lipinski definition) is 2. The second-order valence-electron chi connectivity index (χ2n) is 5.85. The normalized spacial score (nSPS) is 37.2. The molecule has 1 aliphatic carbocycles. The zero-order chi connectivity index (χ0) is 13.0. The van der Waals surface area contributed by atoms with Crippen LogP contribution in [0.4, 0.5) is 0 Å². The van der Waals surface area contributed by atoms with Gasteiger partial charge in [0.15, 0.2) is 0 Å². The lowest BCUT2D eigenvalue weighted by Gasteiger charge is -2.32. The van der Waals surface area contributed by atoms with Gasteiger partial charge >= 0.3 is 0 Å². The quantitative estimate of drug-likeness (QED) is 0.826. The number of rotatable bonds is 3. The summed E-state index contributed by atoms with van der Waals surface area (Å²) in [6.07, 6.45) is 9.19. The van der Waals surface area contributed by atoms with Crippen LogP contribution in [0.3, 0.4) is 0 Å². The lowest BCUT2D eigenvalue weighted by molar-refractivity contribution is -0.124. The zero-order valence-corrected chi connectivity index (χ0v) is 12.4. The van der Waals surface area contributed by atoms with Crippen molar-refractivity contribution in [1.29, 1.82) is 0 Å². The maximum atomic E-state index is 12.2. The van der Waals surface area contributed by atoms with Gasteiger partial charge in [0.2, 0.25) is 5.91 Å². The molecule has 4 heteroatoms. The highest BCUT2D eigenvalue weighted by Gasteiger charge is 2.27. The van der Waals surface area contributed by atoms with Crippen molar-refractivity contribution in [3.05, 3.63) is 0 Å². The Morgan fingerprint density at radius 2 is 1.94 bits per heavy atom. The minimum atomic E-state index is 0.0482. The number of thioether (sulfide) groups is 1. The molecular formula is C14H26N2OS. The Labute approximate surface area is 115 Å². The average Bonchev–Trinajstić information content (AvgIpc) is 2.39. The van der Waals surface area contributed by atoms with Crippen LogP contribution in [0.1, 0.15) is 45.4 Å². The third-order valence-corrected chi connectivity index (χ3v) is 5.47. The van der Waals surface area contributed by atoms with Crippen molar-refractivity contribution in [1.82, 2.24) is 10.6 Å². The van der Waals surface area contributed by atoms with Gasteiger partial charge in [-0.05, 0) is 57.2 Å². The Kier molecular flexibility index (Phi) is 5.37. The maximum absolute atomic E-state index is 12.2. The molecule has 18 heavy (non-hydrogen) atoms. The smallest absolute Gasteiger partial charge is 0.237 e. The van der Waals surface area contributed by atoms with Crippen LogP contribution in [0.25, 0.3) is 0 Å². The van der Waals surface area contributed by atoms with Crippen molar-refractivity contribution in [2.45, 2.75) is 62.8 Å². The van der Waals surface area contributed by atoms with E-state index in [1.807, 2.05) is 11.8 Å². The summed E-state index contributed by atoms with van der Waals surface area (Å²) in [5.41, 5.74) is 0. The minimum absolute atomic E-state index is 0.0482. The van der Waals surface area contributed by atoms with Crippen LogP contribution in [0, 0.1) is 5.92 Å². The van der Waals surface area contributed by atoms with Gasteiger partial charge < -0.3 is 10.6 Å². The van der Waals surface area contributed by atoms with Gasteiger partial charge in [-0.15, -0.1) is 0 Å². The SMILES string of the molecule is CSC1CCC(NC(=O)C2CC(C)CCN2)CC1.